The topological polar surface area (TPSA) is 17.1 Å². The third-order valence-electron chi connectivity index (χ3n) is 2.44. The molecule has 16 heavy (non-hydrogen) atoms. The number of carbonyl (C=O) groups is 1. The highest BCUT2D eigenvalue weighted by Crippen LogP contribution is 2.19. The van der Waals surface area contributed by atoms with E-state index in [1.165, 1.54) is 0 Å². The lowest BCUT2D eigenvalue weighted by atomic mass is 10.0. The molecule has 2 rings (SSSR count). The highest BCUT2D eigenvalue weighted by molar-refractivity contribution is 6.30. The van der Waals surface area contributed by atoms with Crippen LogP contribution < -0.4 is 0 Å². The van der Waals surface area contributed by atoms with E-state index in [1.807, 2.05) is 54.6 Å². The van der Waals surface area contributed by atoms with Gasteiger partial charge in [0.25, 0.3) is 0 Å². The van der Waals surface area contributed by atoms with Crippen molar-refractivity contribution in [3.63, 3.8) is 0 Å². The third-order valence-corrected chi connectivity index (χ3v) is 2.68. The fourth-order valence-corrected chi connectivity index (χ4v) is 1.71. The highest BCUT2D eigenvalue weighted by atomic mass is 35.5. The van der Waals surface area contributed by atoms with Crippen LogP contribution in [0.25, 0.3) is 11.1 Å². The number of carbonyl (C=O) groups excluding carboxylic acids is 1. The molecule has 0 heterocycles. The first kappa shape index (κ1) is 10.9. The first-order valence-electron chi connectivity index (χ1n) is 5.06. The Bertz CT molecular complexity index is 474. The largest absolute Gasteiger partial charge is 0.293 e. The van der Waals surface area contributed by atoms with Gasteiger partial charge in [0.2, 0.25) is 0 Å². The van der Waals surface area contributed by atoms with Crippen LogP contribution in [-0.4, -0.2) is 11.7 Å². The maximum Gasteiger partial charge on any atom is 0.177 e. The van der Waals surface area contributed by atoms with Crippen molar-refractivity contribution in [1.82, 2.24) is 0 Å². The predicted molar refractivity (Wildman–Crippen MR) is 66.9 cm³/mol. The first-order valence-corrected chi connectivity index (χ1v) is 5.59. The maximum absolute atomic E-state index is 11.3. The van der Waals surface area contributed by atoms with E-state index in [2.05, 4.69) is 0 Å². The molecular weight excluding hydrogens is 220 g/mol. The second-order valence-corrected chi connectivity index (χ2v) is 3.77. The van der Waals surface area contributed by atoms with Gasteiger partial charge in [-0.05, 0) is 11.1 Å². The molecule has 0 aromatic heterocycles. The third kappa shape index (κ3) is 2.31. The number of halogens is 1. The maximum atomic E-state index is 11.3. The van der Waals surface area contributed by atoms with Gasteiger partial charge in [-0.3, -0.25) is 4.79 Å². The summed E-state index contributed by atoms with van der Waals surface area (Å²) in [5.41, 5.74) is 2.91. The molecule has 0 aliphatic heterocycles. The molecule has 0 aliphatic carbocycles. The summed E-state index contributed by atoms with van der Waals surface area (Å²) in [6.45, 7) is 0. The summed E-state index contributed by atoms with van der Waals surface area (Å²) in [6.07, 6.45) is 0. The number of alkyl halides is 1. The normalized spacial score (nSPS) is 10.1. The van der Waals surface area contributed by atoms with Crippen LogP contribution in [0.3, 0.4) is 0 Å². The summed E-state index contributed by atoms with van der Waals surface area (Å²) in [5.74, 6) is -0.00806. The molecule has 0 N–H and O–H groups in total. The second-order valence-electron chi connectivity index (χ2n) is 3.50. The second kappa shape index (κ2) is 4.95. The van der Waals surface area contributed by atoms with E-state index in [0.717, 1.165) is 11.1 Å². The SMILES string of the molecule is O=C(CCl)c1ccc(-c2ccccc2)cc1. The Labute approximate surface area is 99.7 Å². The molecule has 80 valence electrons. The van der Waals surface area contributed by atoms with Gasteiger partial charge >= 0.3 is 0 Å². The van der Waals surface area contributed by atoms with E-state index < -0.39 is 0 Å². The molecule has 0 saturated heterocycles. The van der Waals surface area contributed by atoms with E-state index in [0.29, 0.717) is 5.56 Å². The summed E-state index contributed by atoms with van der Waals surface area (Å²) in [4.78, 5) is 11.3. The van der Waals surface area contributed by atoms with Crippen LogP contribution >= 0.6 is 11.6 Å². The Balaban J connectivity index is 2.30. The summed E-state index contributed by atoms with van der Waals surface area (Å²) < 4.78 is 0. The number of benzene rings is 2. The van der Waals surface area contributed by atoms with Crippen molar-refractivity contribution in [3.8, 4) is 11.1 Å². The van der Waals surface area contributed by atoms with Crippen LogP contribution in [0.15, 0.2) is 54.6 Å². The van der Waals surface area contributed by atoms with Crippen LogP contribution in [0.1, 0.15) is 10.4 Å². The average molecular weight is 231 g/mol. The molecule has 2 aromatic rings. The fourth-order valence-electron chi connectivity index (χ4n) is 1.56. The van der Waals surface area contributed by atoms with Crippen molar-refractivity contribution in [2.24, 2.45) is 0 Å². The average Bonchev–Trinajstić information content (AvgIpc) is 2.39. The monoisotopic (exact) mass is 230 g/mol. The van der Waals surface area contributed by atoms with Gasteiger partial charge in [0.1, 0.15) is 0 Å². The predicted octanol–water partition coefficient (Wildman–Crippen LogP) is 3.78. The lowest BCUT2D eigenvalue weighted by Gasteiger charge is -2.02. The molecule has 0 spiro atoms. The van der Waals surface area contributed by atoms with Gasteiger partial charge in [-0.25, -0.2) is 0 Å². The first-order chi connectivity index (χ1) is 7.81. The quantitative estimate of drug-likeness (QED) is 0.579. The van der Waals surface area contributed by atoms with Crippen molar-refractivity contribution in [2.45, 2.75) is 0 Å². The van der Waals surface area contributed by atoms with Crippen LogP contribution in [0.5, 0.6) is 0 Å². The van der Waals surface area contributed by atoms with E-state index >= 15 is 0 Å². The van der Waals surface area contributed by atoms with Crippen molar-refractivity contribution < 1.29 is 4.79 Å². The standard InChI is InChI=1S/C14H11ClO/c15-10-14(16)13-8-6-12(7-9-13)11-4-2-1-3-5-11/h1-9H,10H2. The highest BCUT2D eigenvalue weighted by Gasteiger charge is 2.03. The van der Waals surface area contributed by atoms with Gasteiger partial charge in [-0.2, -0.15) is 0 Å². The minimum absolute atomic E-state index is 0.0324. The zero-order valence-corrected chi connectivity index (χ0v) is 9.45. The summed E-state index contributed by atoms with van der Waals surface area (Å²) in [6, 6.07) is 17.6. The number of hydrogen-bond donors (Lipinski definition) is 0. The Kier molecular flexibility index (Phi) is 3.37. The Hall–Kier alpha value is -1.60. The van der Waals surface area contributed by atoms with Gasteiger partial charge in [0.15, 0.2) is 5.78 Å². The molecule has 0 unspecified atom stereocenters. The number of rotatable bonds is 3. The molecule has 0 atom stereocenters. The molecule has 2 heteroatoms. The minimum atomic E-state index is -0.0405. The summed E-state index contributed by atoms with van der Waals surface area (Å²) in [7, 11) is 0. The van der Waals surface area contributed by atoms with Gasteiger partial charge in [-0.1, -0.05) is 54.6 Å². The van der Waals surface area contributed by atoms with Crippen LogP contribution in [-0.2, 0) is 0 Å². The molecule has 0 aliphatic rings. The molecule has 1 nitrogen and oxygen atoms in total. The van der Waals surface area contributed by atoms with Crippen LogP contribution in [0.4, 0.5) is 0 Å². The summed E-state index contributed by atoms with van der Waals surface area (Å²) in [5, 5.41) is 0. The zero-order chi connectivity index (χ0) is 11.4. The molecule has 0 radical (unpaired) electrons. The smallest absolute Gasteiger partial charge is 0.177 e. The lowest BCUT2D eigenvalue weighted by molar-refractivity contribution is 0.102. The van der Waals surface area contributed by atoms with Gasteiger partial charge in [0, 0.05) is 5.56 Å². The van der Waals surface area contributed by atoms with Crippen LogP contribution in [0, 0.1) is 0 Å². The van der Waals surface area contributed by atoms with Crippen molar-refractivity contribution in [3.05, 3.63) is 60.2 Å². The van der Waals surface area contributed by atoms with Gasteiger partial charge in [-0.15, -0.1) is 11.6 Å². The van der Waals surface area contributed by atoms with Crippen molar-refractivity contribution in [1.29, 1.82) is 0 Å². The van der Waals surface area contributed by atoms with Gasteiger partial charge in [0.05, 0.1) is 5.88 Å². The van der Waals surface area contributed by atoms with E-state index in [-0.39, 0.29) is 11.7 Å². The molecule has 2 aromatic carbocycles. The molecule has 0 saturated carbocycles. The Morgan fingerprint density at radius 1 is 0.875 bits per heavy atom. The van der Waals surface area contributed by atoms with E-state index in [9.17, 15) is 4.79 Å². The molecule has 0 amide bonds. The molecular formula is C14H11ClO. The number of Topliss-reactive ketones (excluding diaryl/α,β-unsaturated/α-hetero) is 1. The Morgan fingerprint density at radius 2 is 1.44 bits per heavy atom. The number of hydrogen-bond acceptors (Lipinski definition) is 1. The van der Waals surface area contributed by atoms with Crippen LogP contribution in [0.2, 0.25) is 0 Å². The van der Waals surface area contributed by atoms with Crippen molar-refractivity contribution >= 4 is 17.4 Å². The van der Waals surface area contributed by atoms with E-state index in [4.69, 9.17) is 11.6 Å². The molecule has 0 fully saturated rings. The number of ketones is 1. The van der Waals surface area contributed by atoms with Gasteiger partial charge < -0.3 is 0 Å². The minimum Gasteiger partial charge on any atom is -0.293 e. The lowest BCUT2D eigenvalue weighted by Crippen LogP contribution is -1.99. The van der Waals surface area contributed by atoms with E-state index in [1.54, 1.807) is 0 Å². The Morgan fingerprint density at radius 3 is 2.00 bits per heavy atom. The molecule has 0 bridgehead atoms. The zero-order valence-electron chi connectivity index (χ0n) is 8.69. The fraction of sp³-hybridized carbons (Fsp3) is 0.0714. The summed E-state index contributed by atoms with van der Waals surface area (Å²) >= 11 is 5.49. The van der Waals surface area contributed by atoms with Crippen molar-refractivity contribution in [2.75, 3.05) is 5.88 Å².